The van der Waals surface area contributed by atoms with Crippen molar-refractivity contribution >= 4 is 17.7 Å². The van der Waals surface area contributed by atoms with Crippen LogP contribution in [0.4, 0.5) is 14.5 Å². The predicted octanol–water partition coefficient (Wildman–Crippen LogP) is 3.69. The molecule has 3 rings (SSSR count). The molecule has 6 heteroatoms. The van der Waals surface area contributed by atoms with Gasteiger partial charge in [0.25, 0.3) is 0 Å². The van der Waals surface area contributed by atoms with E-state index < -0.39 is 11.6 Å². The van der Waals surface area contributed by atoms with Gasteiger partial charge in [0.05, 0.1) is 19.3 Å². The van der Waals surface area contributed by atoms with Gasteiger partial charge in [-0.05, 0) is 48.4 Å². The number of carbonyl (C=O) groups is 1. The highest BCUT2D eigenvalue weighted by Gasteiger charge is 2.13. The molecule has 1 amide bonds. The summed E-state index contributed by atoms with van der Waals surface area (Å²) in [7, 11) is 0. The van der Waals surface area contributed by atoms with E-state index in [1.54, 1.807) is 0 Å². The molecular weight excluding hydrogens is 350 g/mol. The van der Waals surface area contributed by atoms with Gasteiger partial charge < -0.3 is 15.0 Å². The minimum absolute atomic E-state index is 0.201. The lowest BCUT2D eigenvalue weighted by Crippen LogP contribution is -2.36. The van der Waals surface area contributed by atoms with Crippen molar-refractivity contribution in [1.82, 2.24) is 5.32 Å². The maximum Gasteiger partial charge on any atom is 0.244 e. The van der Waals surface area contributed by atoms with Gasteiger partial charge >= 0.3 is 0 Å². The lowest BCUT2D eigenvalue weighted by atomic mass is 10.1. The zero-order valence-electron chi connectivity index (χ0n) is 15.1. The normalized spacial score (nSPS) is 15.7. The first-order valence-corrected chi connectivity index (χ1v) is 8.88. The fourth-order valence-electron chi connectivity index (χ4n) is 3.00. The Kier molecular flexibility index (Phi) is 6.19. The van der Waals surface area contributed by atoms with Crippen LogP contribution in [0.5, 0.6) is 0 Å². The van der Waals surface area contributed by atoms with Crippen molar-refractivity contribution in [3.8, 4) is 0 Å². The summed E-state index contributed by atoms with van der Waals surface area (Å²) in [5, 5.41) is 2.87. The number of benzene rings is 2. The van der Waals surface area contributed by atoms with Crippen LogP contribution in [0.1, 0.15) is 24.1 Å². The second-order valence-electron chi connectivity index (χ2n) is 6.46. The van der Waals surface area contributed by atoms with E-state index in [0.29, 0.717) is 18.8 Å². The van der Waals surface area contributed by atoms with Crippen LogP contribution in [-0.4, -0.2) is 32.2 Å². The summed E-state index contributed by atoms with van der Waals surface area (Å²) < 4.78 is 31.8. The average Bonchev–Trinajstić information content (AvgIpc) is 2.66. The number of amides is 1. The van der Waals surface area contributed by atoms with Gasteiger partial charge in [0, 0.05) is 30.9 Å². The van der Waals surface area contributed by atoms with Crippen LogP contribution in [-0.2, 0) is 9.53 Å². The van der Waals surface area contributed by atoms with Crippen molar-refractivity contribution in [2.24, 2.45) is 0 Å². The summed E-state index contributed by atoms with van der Waals surface area (Å²) in [4.78, 5) is 14.4. The summed E-state index contributed by atoms with van der Waals surface area (Å²) in [5.74, 6) is -1.68. The first kappa shape index (κ1) is 19.0. The van der Waals surface area contributed by atoms with Crippen LogP contribution in [0.3, 0.4) is 0 Å². The Balaban J connectivity index is 1.63. The number of hydrogen-bond acceptors (Lipinski definition) is 3. The lowest BCUT2D eigenvalue weighted by molar-refractivity contribution is -0.117. The molecule has 0 aliphatic carbocycles. The van der Waals surface area contributed by atoms with E-state index in [0.717, 1.165) is 30.4 Å². The Labute approximate surface area is 157 Å². The molecule has 0 aromatic heterocycles. The van der Waals surface area contributed by atoms with Crippen molar-refractivity contribution in [2.45, 2.75) is 13.0 Å². The summed E-state index contributed by atoms with van der Waals surface area (Å²) in [6.07, 6.45) is 2.66. The highest BCUT2D eigenvalue weighted by atomic mass is 19.1. The quantitative estimate of drug-likeness (QED) is 0.814. The van der Waals surface area contributed by atoms with Crippen molar-refractivity contribution in [1.29, 1.82) is 0 Å². The SMILES string of the molecule is C[C@H](NC(=O)/C=C/c1cc(F)cc(F)c1)c1cccc(N2CCOCC2)c1. The number of ether oxygens (including phenoxy) is 1. The molecule has 1 aliphatic heterocycles. The van der Waals surface area contributed by atoms with Crippen LogP contribution >= 0.6 is 0 Å². The number of morpholine rings is 1. The second kappa shape index (κ2) is 8.77. The highest BCUT2D eigenvalue weighted by Crippen LogP contribution is 2.21. The molecule has 27 heavy (non-hydrogen) atoms. The molecule has 142 valence electrons. The van der Waals surface area contributed by atoms with Crippen molar-refractivity contribution in [3.05, 3.63) is 71.3 Å². The number of rotatable bonds is 5. The van der Waals surface area contributed by atoms with E-state index in [1.807, 2.05) is 25.1 Å². The summed E-state index contributed by atoms with van der Waals surface area (Å²) in [6, 6.07) is 11.0. The summed E-state index contributed by atoms with van der Waals surface area (Å²) >= 11 is 0. The first-order chi connectivity index (χ1) is 13.0. The Morgan fingerprint density at radius 2 is 1.85 bits per heavy atom. The highest BCUT2D eigenvalue weighted by molar-refractivity contribution is 5.92. The monoisotopic (exact) mass is 372 g/mol. The van der Waals surface area contributed by atoms with E-state index in [9.17, 15) is 13.6 Å². The maximum atomic E-state index is 13.2. The van der Waals surface area contributed by atoms with Crippen LogP contribution in [0.25, 0.3) is 6.08 Å². The molecule has 0 spiro atoms. The van der Waals surface area contributed by atoms with E-state index in [4.69, 9.17) is 4.74 Å². The van der Waals surface area contributed by atoms with Crippen LogP contribution in [0, 0.1) is 11.6 Å². The number of nitrogens with one attached hydrogen (secondary N) is 1. The molecule has 1 atom stereocenters. The smallest absolute Gasteiger partial charge is 0.244 e. The first-order valence-electron chi connectivity index (χ1n) is 8.88. The van der Waals surface area contributed by atoms with Crippen molar-refractivity contribution in [2.75, 3.05) is 31.2 Å². The zero-order chi connectivity index (χ0) is 19.2. The van der Waals surface area contributed by atoms with Crippen LogP contribution in [0.15, 0.2) is 48.5 Å². The van der Waals surface area contributed by atoms with Gasteiger partial charge in [0.2, 0.25) is 5.91 Å². The molecule has 0 radical (unpaired) electrons. The number of halogens is 2. The molecule has 0 saturated carbocycles. The molecular formula is C21H22F2N2O2. The molecule has 1 N–H and O–H groups in total. The van der Waals surface area contributed by atoms with Gasteiger partial charge in [-0.15, -0.1) is 0 Å². The van der Waals surface area contributed by atoms with Gasteiger partial charge in [-0.2, -0.15) is 0 Å². The third-order valence-corrected chi connectivity index (χ3v) is 4.42. The van der Waals surface area contributed by atoms with Crippen LogP contribution < -0.4 is 10.2 Å². The molecule has 1 aliphatic rings. The minimum atomic E-state index is -0.677. The molecule has 0 bridgehead atoms. The Bertz CT molecular complexity index is 812. The fraction of sp³-hybridized carbons (Fsp3) is 0.286. The van der Waals surface area contributed by atoms with Gasteiger partial charge in [0.15, 0.2) is 0 Å². The predicted molar refractivity (Wildman–Crippen MR) is 101 cm³/mol. The van der Waals surface area contributed by atoms with Gasteiger partial charge in [-0.3, -0.25) is 4.79 Å². The maximum absolute atomic E-state index is 13.2. The Morgan fingerprint density at radius 3 is 2.56 bits per heavy atom. The average molecular weight is 372 g/mol. The number of nitrogens with zero attached hydrogens (tertiary/aromatic N) is 1. The van der Waals surface area contributed by atoms with Crippen molar-refractivity contribution < 1.29 is 18.3 Å². The Morgan fingerprint density at radius 1 is 1.15 bits per heavy atom. The van der Waals surface area contributed by atoms with Gasteiger partial charge in [-0.25, -0.2) is 8.78 Å². The number of carbonyl (C=O) groups excluding carboxylic acids is 1. The van der Waals surface area contributed by atoms with E-state index >= 15 is 0 Å². The third-order valence-electron chi connectivity index (χ3n) is 4.42. The number of anilines is 1. The van der Waals surface area contributed by atoms with Gasteiger partial charge in [-0.1, -0.05) is 12.1 Å². The summed E-state index contributed by atoms with van der Waals surface area (Å²) in [6.45, 7) is 5.00. The van der Waals surface area contributed by atoms with E-state index in [1.165, 1.54) is 24.3 Å². The second-order valence-corrected chi connectivity index (χ2v) is 6.46. The molecule has 0 unspecified atom stereocenters. The van der Waals surface area contributed by atoms with Gasteiger partial charge in [0.1, 0.15) is 11.6 Å². The number of hydrogen-bond donors (Lipinski definition) is 1. The Hall–Kier alpha value is -2.73. The zero-order valence-corrected chi connectivity index (χ0v) is 15.1. The van der Waals surface area contributed by atoms with Crippen LogP contribution in [0.2, 0.25) is 0 Å². The minimum Gasteiger partial charge on any atom is -0.378 e. The molecule has 1 heterocycles. The van der Waals surface area contributed by atoms with Crippen molar-refractivity contribution in [3.63, 3.8) is 0 Å². The fourth-order valence-corrected chi connectivity index (χ4v) is 3.00. The van der Waals surface area contributed by atoms with E-state index in [-0.39, 0.29) is 11.9 Å². The standard InChI is InChI=1S/C21H22F2N2O2/c1-15(17-3-2-4-20(13-17)25-7-9-27-10-8-25)24-21(26)6-5-16-11-18(22)14-19(23)12-16/h2-6,11-15H,7-10H2,1H3,(H,24,26)/b6-5+/t15-/m0/s1. The molecule has 2 aromatic rings. The largest absolute Gasteiger partial charge is 0.378 e. The summed E-state index contributed by atoms with van der Waals surface area (Å²) in [5.41, 5.74) is 2.38. The topological polar surface area (TPSA) is 41.6 Å². The third kappa shape index (κ3) is 5.37. The lowest BCUT2D eigenvalue weighted by Gasteiger charge is -2.29. The molecule has 1 fully saturated rings. The molecule has 1 saturated heterocycles. The van der Waals surface area contributed by atoms with E-state index in [2.05, 4.69) is 16.3 Å². The molecule has 2 aromatic carbocycles. The molecule has 4 nitrogen and oxygen atoms in total.